The molecule has 0 radical (unpaired) electrons. The second-order valence-corrected chi connectivity index (χ2v) is 7.29. The Labute approximate surface area is 153 Å². The van der Waals surface area contributed by atoms with Gasteiger partial charge in [-0.25, -0.2) is 0 Å². The van der Waals surface area contributed by atoms with E-state index in [0.29, 0.717) is 37.5 Å². The van der Waals surface area contributed by atoms with Gasteiger partial charge in [0.05, 0.1) is 19.3 Å². The van der Waals surface area contributed by atoms with Crippen LogP contribution in [0.25, 0.3) is 0 Å². The summed E-state index contributed by atoms with van der Waals surface area (Å²) in [6.45, 7) is -1.89. The summed E-state index contributed by atoms with van der Waals surface area (Å²) in [5.41, 5.74) is 0.677. The van der Waals surface area contributed by atoms with Gasteiger partial charge in [0.2, 0.25) is 0 Å². The molecule has 146 valence electrons. The molecule has 6 heteroatoms. The first-order valence-electron chi connectivity index (χ1n) is 9.63. The van der Waals surface area contributed by atoms with Crippen LogP contribution in [0.3, 0.4) is 0 Å². The smallest absolute Gasteiger partial charge is 0.387 e. The second kappa shape index (κ2) is 9.51. The van der Waals surface area contributed by atoms with Gasteiger partial charge in [-0.15, -0.1) is 0 Å². The molecule has 0 amide bonds. The number of aliphatic hydroxyl groups excluding tert-OH is 1. The first-order chi connectivity index (χ1) is 12.6. The average molecular weight is 370 g/mol. The summed E-state index contributed by atoms with van der Waals surface area (Å²) >= 11 is 0. The number of alkyl halides is 2. The summed E-state index contributed by atoms with van der Waals surface area (Å²) in [5, 5.41) is 10.5. The van der Waals surface area contributed by atoms with Crippen molar-refractivity contribution in [2.45, 2.75) is 70.2 Å². The van der Waals surface area contributed by atoms with Crippen LogP contribution < -0.4 is 9.47 Å². The minimum absolute atomic E-state index is 0.00451. The Bertz CT molecular complexity index is 555. The maximum Gasteiger partial charge on any atom is 0.387 e. The van der Waals surface area contributed by atoms with E-state index in [2.05, 4.69) is 4.74 Å². The quantitative estimate of drug-likeness (QED) is 0.711. The largest absolute Gasteiger partial charge is 0.484 e. The van der Waals surface area contributed by atoms with Crippen LogP contribution in [0.15, 0.2) is 18.2 Å². The van der Waals surface area contributed by atoms with Crippen molar-refractivity contribution in [3.05, 3.63) is 23.8 Å². The Balaban J connectivity index is 1.65. The monoisotopic (exact) mass is 370 g/mol. The Hall–Kier alpha value is -1.40. The number of aliphatic hydroxyl groups is 1. The summed E-state index contributed by atoms with van der Waals surface area (Å²) < 4.78 is 40.9. The van der Waals surface area contributed by atoms with Crippen LogP contribution in [0.5, 0.6) is 11.5 Å². The first kappa shape index (κ1) is 19.4. The maximum absolute atomic E-state index is 12.6. The zero-order valence-electron chi connectivity index (χ0n) is 15.0. The van der Waals surface area contributed by atoms with Gasteiger partial charge in [-0.2, -0.15) is 8.78 Å². The molecule has 2 aliphatic rings. The van der Waals surface area contributed by atoms with Crippen molar-refractivity contribution >= 4 is 0 Å². The third-order valence-electron chi connectivity index (χ3n) is 5.32. The molecule has 0 aromatic heterocycles. The normalized spacial score (nSPS) is 22.5. The van der Waals surface area contributed by atoms with Crippen molar-refractivity contribution in [1.29, 1.82) is 0 Å². The van der Waals surface area contributed by atoms with Gasteiger partial charge in [0.15, 0.2) is 11.5 Å². The van der Waals surface area contributed by atoms with E-state index in [1.807, 2.05) is 0 Å². The molecule has 4 nitrogen and oxygen atoms in total. The minimum atomic E-state index is -2.92. The molecule has 1 aliphatic heterocycles. The fourth-order valence-corrected chi connectivity index (χ4v) is 3.84. The minimum Gasteiger partial charge on any atom is -0.484 e. The summed E-state index contributed by atoms with van der Waals surface area (Å²) in [4.78, 5) is 0. The Morgan fingerprint density at radius 2 is 1.92 bits per heavy atom. The molecule has 0 spiro atoms. The van der Waals surface area contributed by atoms with Crippen LogP contribution in [0.2, 0.25) is 0 Å². The average Bonchev–Trinajstić information content (AvgIpc) is 3.14. The van der Waals surface area contributed by atoms with Gasteiger partial charge in [-0.3, -0.25) is 0 Å². The van der Waals surface area contributed by atoms with Crippen molar-refractivity contribution in [2.75, 3.05) is 13.2 Å². The van der Waals surface area contributed by atoms with Crippen molar-refractivity contribution in [3.8, 4) is 11.5 Å². The van der Waals surface area contributed by atoms with E-state index >= 15 is 0 Å². The van der Waals surface area contributed by atoms with E-state index in [1.54, 1.807) is 12.1 Å². The molecule has 2 atom stereocenters. The van der Waals surface area contributed by atoms with Crippen LogP contribution in [0.4, 0.5) is 8.78 Å². The van der Waals surface area contributed by atoms with Gasteiger partial charge in [0, 0.05) is 6.42 Å². The van der Waals surface area contributed by atoms with E-state index in [-0.39, 0.29) is 17.6 Å². The standard InChI is InChI=1S/C20H28F2O4/c21-20(22)26-18-9-7-15(12-19(18)25-16-10-11-24-13-16)17(23)8-6-14-4-2-1-3-5-14/h7,9,12,14,16-17,20,23H,1-6,8,10-11,13H2. The van der Waals surface area contributed by atoms with Gasteiger partial charge in [-0.05, 0) is 36.5 Å². The van der Waals surface area contributed by atoms with Crippen molar-refractivity contribution < 1.29 is 28.1 Å². The predicted molar refractivity (Wildman–Crippen MR) is 93.7 cm³/mol. The third-order valence-corrected chi connectivity index (χ3v) is 5.32. The van der Waals surface area contributed by atoms with Crippen LogP contribution >= 0.6 is 0 Å². The molecule has 1 aliphatic carbocycles. The van der Waals surface area contributed by atoms with E-state index in [4.69, 9.17) is 9.47 Å². The van der Waals surface area contributed by atoms with Crippen LogP contribution in [-0.2, 0) is 4.74 Å². The van der Waals surface area contributed by atoms with Crippen LogP contribution in [0.1, 0.15) is 63.0 Å². The fraction of sp³-hybridized carbons (Fsp3) is 0.700. The summed E-state index contributed by atoms with van der Waals surface area (Å²) in [6.07, 6.45) is 7.93. The highest BCUT2D eigenvalue weighted by Crippen LogP contribution is 2.36. The molecule has 2 fully saturated rings. The number of benzene rings is 1. The summed E-state index contributed by atoms with van der Waals surface area (Å²) in [6, 6.07) is 4.72. The highest BCUT2D eigenvalue weighted by atomic mass is 19.3. The lowest BCUT2D eigenvalue weighted by Gasteiger charge is -2.23. The highest BCUT2D eigenvalue weighted by molar-refractivity contribution is 5.44. The number of rotatable bonds is 8. The van der Waals surface area contributed by atoms with Crippen LogP contribution in [0, 0.1) is 5.92 Å². The van der Waals surface area contributed by atoms with Crippen molar-refractivity contribution in [3.63, 3.8) is 0 Å². The molecular weight excluding hydrogens is 342 g/mol. The van der Waals surface area contributed by atoms with Gasteiger partial charge in [-0.1, -0.05) is 38.2 Å². The zero-order chi connectivity index (χ0) is 18.4. The lowest BCUT2D eigenvalue weighted by Crippen LogP contribution is -2.17. The van der Waals surface area contributed by atoms with Gasteiger partial charge in [0.1, 0.15) is 6.10 Å². The molecule has 1 heterocycles. The van der Waals surface area contributed by atoms with E-state index in [9.17, 15) is 13.9 Å². The van der Waals surface area contributed by atoms with Gasteiger partial charge in [0.25, 0.3) is 0 Å². The lowest BCUT2D eigenvalue weighted by atomic mass is 9.85. The van der Waals surface area contributed by atoms with E-state index in [0.717, 1.165) is 6.42 Å². The number of ether oxygens (including phenoxy) is 3. The fourth-order valence-electron chi connectivity index (χ4n) is 3.84. The topological polar surface area (TPSA) is 47.9 Å². The molecule has 3 rings (SSSR count). The highest BCUT2D eigenvalue weighted by Gasteiger charge is 2.22. The molecule has 26 heavy (non-hydrogen) atoms. The molecule has 1 aromatic rings. The molecular formula is C20H28F2O4. The van der Waals surface area contributed by atoms with Crippen LogP contribution in [-0.4, -0.2) is 31.0 Å². The number of hydrogen-bond acceptors (Lipinski definition) is 4. The molecule has 1 saturated heterocycles. The Kier molecular flexibility index (Phi) is 7.08. The number of halogens is 2. The van der Waals surface area contributed by atoms with E-state index < -0.39 is 12.7 Å². The number of hydrogen-bond donors (Lipinski definition) is 1. The first-order valence-corrected chi connectivity index (χ1v) is 9.63. The van der Waals surface area contributed by atoms with Gasteiger partial charge < -0.3 is 19.3 Å². The van der Waals surface area contributed by atoms with Crippen molar-refractivity contribution in [2.24, 2.45) is 5.92 Å². The zero-order valence-corrected chi connectivity index (χ0v) is 15.0. The predicted octanol–water partition coefficient (Wildman–Crippen LogP) is 4.85. The molecule has 2 unspecified atom stereocenters. The Morgan fingerprint density at radius 1 is 1.12 bits per heavy atom. The third kappa shape index (κ3) is 5.55. The Morgan fingerprint density at radius 3 is 2.62 bits per heavy atom. The summed E-state index contributed by atoms with van der Waals surface area (Å²) in [7, 11) is 0. The molecule has 0 bridgehead atoms. The second-order valence-electron chi connectivity index (χ2n) is 7.29. The van der Waals surface area contributed by atoms with E-state index in [1.165, 1.54) is 38.2 Å². The van der Waals surface area contributed by atoms with Crippen molar-refractivity contribution in [1.82, 2.24) is 0 Å². The molecule has 1 aromatic carbocycles. The van der Waals surface area contributed by atoms with Gasteiger partial charge >= 0.3 is 6.61 Å². The summed E-state index contributed by atoms with van der Waals surface area (Å²) in [5.74, 6) is 0.927. The SMILES string of the molecule is OC(CCC1CCCCC1)c1ccc(OC(F)F)c(OC2CCOC2)c1. The molecule has 1 saturated carbocycles. The maximum atomic E-state index is 12.6. The lowest BCUT2D eigenvalue weighted by molar-refractivity contribution is -0.0521. The molecule has 1 N–H and O–H groups in total.